The molecule has 0 atom stereocenters. The Kier molecular flexibility index (Phi) is 3.19. The van der Waals surface area contributed by atoms with Crippen LogP contribution in [0.5, 0.6) is 0 Å². The van der Waals surface area contributed by atoms with Gasteiger partial charge in [0.2, 0.25) is 0 Å². The van der Waals surface area contributed by atoms with Crippen LogP contribution in [0.4, 0.5) is 0 Å². The summed E-state index contributed by atoms with van der Waals surface area (Å²) in [6, 6.07) is 3.40. The van der Waals surface area contributed by atoms with Gasteiger partial charge in [0, 0.05) is 12.1 Å². The molecule has 1 N–H and O–H groups in total. The van der Waals surface area contributed by atoms with E-state index >= 15 is 0 Å². The van der Waals surface area contributed by atoms with Crippen molar-refractivity contribution in [2.75, 3.05) is 0 Å². The van der Waals surface area contributed by atoms with Crippen molar-refractivity contribution in [3.8, 4) is 0 Å². The van der Waals surface area contributed by atoms with Crippen LogP contribution in [0.2, 0.25) is 0 Å². The van der Waals surface area contributed by atoms with Crippen molar-refractivity contribution in [1.82, 2.24) is 4.98 Å². The summed E-state index contributed by atoms with van der Waals surface area (Å²) in [6.07, 6.45) is 1.45. The molecule has 0 aliphatic heterocycles. The van der Waals surface area contributed by atoms with Crippen LogP contribution in [-0.4, -0.2) is 17.1 Å². The van der Waals surface area contributed by atoms with Gasteiger partial charge in [-0.15, -0.1) is 0 Å². The fraction of sp³-hybridized carbons (Fsp3) is 0.364. The van der Waals surface area contributed by atoms with E-state index in [1.54, 1.807) is 18.4 Å². The number of H-pyrrole nitrogens is 1. The minimum absolute atomic E-state index is 0. The predicted molar refractivity (Wildman–Crippen MR) is 57.8 cm³/mol. The van der Waals surface area contributed by atoms with Gasteiger partial charge in [-0.05, 0) is 13.8 Å². The fourth-order valence-electron chi connectivity index (χ4n) is 1.24. The fourth-order valence-corrected chi connectivity index (χ4v) is 1.24. The number of nitrogens with one attached hydrogen (secondary N) is 1. The van der Waals surface area contributed by atoms with Gasteiger partial charge in [0.05, 0.1) is 17.9 Å². The topological polar surface area (TPSA) is 55.2 Å². The lowest BCUT2D eigenvalue weighted by Gasteiger charge is -2.05. The normalized spacial score (nSPS) is 10.3. The van der Waals surface area contributed by atoms with Crippen molar-refractivity contribution in [3.63, 3.8) is 0 Å². The van der Waals surface area contributed by atoms with Crippen LogP contribution < -0.4 is 0 Å². The van der Waals surface area contributed by atoms with E-state index in [2.05, 4.69) is 4.98 Å². The number of hydrogen-bond donors (Lipinski definition) is 1. The van der Waals surface area contributed by atoms with E-state index in [4.69, 9.17) is 9.15 Å². The molecule has 0 spiro atoms. The number of aromatic nitrogens is 1. The highest BCUT2D eigenvalue weighted by Crippen LogP contribution is 2.16. The van der Waals surface area contributed by atoms with E-state index in [1.165, 1.54) is 0 Å². The minimum Gasteiger partial charge on any atom is -0.463 e. The maximum Gasteiger partial charge on any atom is 0.355 e. The summed E-state index contributed by atoms with van der Waals surface area (Å²) in [7, 11) is 0. The number of carbonyl (C=O) groups excluding carboxylic acids is 1. The maximum absolute atomic E-state index is 11.4. The highest BCUT2D eigenvalue weighted by molar-refractivity contribution is 5.93. The predicted octanol–water partition coefficient (Wildman–Crippen LogP) is 2.96. The van der Waals surface area contributed by atoms with Crippen LogP contribution in [0.3, 0.4) is 0 Å². The second kappa shape index (κ2) is 4.21. The first kappa shape index (κ1) is 11.4. The van der Waals surface area contributed by atoms with E-state index in [0.29, 0.717) is 11.3 Å². The number of fused-ring (bicyclic) bond motifs is 1. The van der Waals surface area contributed by atoms with Crippen LogP contribution >= 0.6 is 0 Å². The van der Waals surface area contributed by atoms with Crippen LogP contribution in [0.1, 0.15) is 31.8 Å². The Morgan fingerprint density at radius 2 is 2.27 bits per heavy atom. The number of rotatable bonds is 2. The standard InChI is InChI=1S/C10H11NO3.CH4/c1-6(2)14-10(12)8-5-9-7(11-8)3-4-13-9;/h3-6,11H,1-2H3;1H4. The number of furan rings is 1. The third kappa shape index (κ3) is 2.21. The average molecular weight is 209 g/mol. The van der Waals surface area contributed by atoms with Crippen molar-refractivity contribution < 1.29 is 13.9 Å². The lowest BCUT2D eigenvalue weighted by atomic mass is 10.4. The van der Waals surface area contributed by atoms with Gasteiger partial charge < -0.3 is 14.1 Å². The molecule has 0 aliphatic carbocycles. The molecule has 0 aromatic carbocycles. The van der Waals surface area contributed by atoms with Gasteiger partial charge in [0.25, 0.3) is 0 Å². The van der Waals surface area contributed by atoms with E-state index in [1.807, 2.05) is 13.8 Å². The van der Waals surface area contributed by atoms with Gasteiger partial charge >= 0.3 is 5.97 Å². The summed E-state index contributed by atoms with van der Waals surface area (Å²) >= 11 is 0. The Morgan fingerprint density at radius 1 is 1.53 bits per heavy atom. The Hall–Kier alpha value is -1.71. The lowest BCUT2D eigenvalue weighted by molar-refractivity contribution is 0.0372. The molecule has 0 unspecified atom stereocenters. The van der Waals surface area contributed by atoms with Crippen molar-refractivity contribution in [3.05, 3.63) is 24.1 Å². The molecule has 0 radical (unpaired) electrons. The second-order valence-electron chi connectivity index (χ2n) is 3.34. The Labute approximate surface area is 88.2 Å². The summed E-state index contributed by atoms with van der Waals surface area (Å²) in [5.74, 6) is -0.355. The van der Waals surface area contributed by atoms with E-state index in [0.717, 1.165) is 5.52 Å². The molecule has 82 valence electrons. The quantitative estimate of drug-likeness (QED) is 0.773. The molecule has 2 rings (SSSR count). The minimum atomic E-state index is -0.355. The summed E-state index contributed by atoms with van der Waals surface area (Å²) in [4.78, 5) is 14.3. The number of hydrogen-bond acceptors (Lipinski definition) is 3. The summed E-state index contributed by atoms with van der Waals surface area (Å²) < 4.78 is 10.1. The molecule has 0 saturated heterocycles. The number of carbonyl (C=O) groups is 1. The molecule has 0 amide bonds. The van der Waals surface area contributed by atoms with Crippen LogP contribution in [-0.2, 0) is 4.74 Å². The first-order valence-corrected chi connectivity index (χ1v) is 4.44. The third-order valence-corrected chi connectivity index (χ3v) is 1.80. The Balaban J connectivity index is 0.00000112. The molecule has 0 bridgehead atoms. The SMILES string of the molecule is C.CC(C)OC(=O)c1cc2occc2[nH]1. The van der Waals surface area contributed by atoms with Gasteiger partial charge in [-0.25, -0.2) is 4.79 Å². The van der Waals surface area contributed by atoms with Gasteiger partial charge in [0.15, 0.2) is 5.58 Å². The zero-order valence-electron chi connectivity index (χ0n) is 8.03. The van der Waals surface area contributed by atoms with E-state index in [9.17, 15) is 4.79 Å². The molecule has 0 fully saturated rings. The molecule has 2 aromatic heterocycles. The Bertz CT molecular complexity index is 425. The molecular formula is C11H15NO3. The monoisotopic (exact) mass is 209 g/mol. The Morgan fingerprint density at radius 3 is 2.87 bits per heavy atom. The van der Waals surface area contributed by atoms with Crippen molar-refractivity contribution in [1.29, 1.82) is 0 Å². The zero-order valence-corrected chi connectivity index (χ0v) is 8.03. The summed E-state index contributed by atoms with van der Waals surface area (Å²) in [5, 5.41) is 0. The molecule has 0 saturated carbocycles. The van der Waals surface area contributed by atoms with Crippen LogP contribution in [0, 0.1) is 0 Å². The summed E-state index contributed by atoms with van der Waals surface area (Å²) in [5.41, 5.74) is 1.90. The molecule has 2 heterocycles. The smallest absolute Gasteiger partial charge is 0.355 e. The zero-order chi connectivity index (χ0) is 10.1. The van der Waals surface area contributed by atoms with Crippen molar-refractivity contribution in [2.45, 2.75) is 27.4 Å². The van der Waals surface area contributed by atoms with Gasteiger partial charge in [-0.3, -0.25) is 0 Å². The van der Waals surface area contributed by atoms with E-state index in [-0.39, 0.29) is 19.5 Å². The highest BCUT2D eigenvalue weighted by atomic mass is 16.5. The molecule has 15 heavy (non-hydrogen) atoms. The summed E-state index contributed by atoms with van der Waals surface area (Å²) in [6.45, 7) is 3.62. The second-order valence-corrected chi connectivity index (χ2v) is 3.34. The number of ether oxygens (including phenoxy) is 1. The molecule has 0 aliphatic rings. The first-order chi connectivity index (χ1) is 6.66. The highest BCUT2D eigenvalue weighted by Gasteiger charge is 2.13. The lowest BCUT2D eigenvalue weighted by Crippen LogP contribution is -2.11. The van der Waals surface area contributed by atoms with Gasteiger partial charge in [0.1, 0.15) is 5.69 Å². The average Bonchev–Trinajstić information content (AvgIpc) is 2.58. The first-order valence-electron chi connectivity index (χ1n) is 4.44. The molecule has 4 nitrogen and oxygen atoms in total. The van der Waals surface area contributed by atoms with Crippen molar-refractivity contribution in [2.24, 2.45) is 0 Å². The van der Waals surface area contributed by atoms with Crippen LogP contribution in [0.15, 0.2) is 22.8 Å². The van der Waals surface area contributed by atoms with Crippen molar-refractivity contribution >= 4 is 17.1 Å². The molecule has 2 aromatic rings. The van der Waals surface area contributed by atoms with Gasteiger partial charge in [-0.1, -0.05) is 7.43 Å². The largest absolute Gasteiger partial charge is 0.463 e. The number of aromatic amines is 1. The third-order valence-electron chi connectivity index (χ3n) is 1.80. The van der Waals surface area contributed by atoms with E-state index < -0.39 is 0 Å². The van der Waals surface area contributed by atoms with Crippen LogP contribution in [0.25, 0.3) is 11.1 Å². The maximum atomic E-state index is 11.4. The van der Waals surface area contributed by atoms with Gasteiger partial charge in [-0.2, -0.15) is 0 Å². The molecular weight excluding hydrogens is 194 g/mol. The molecule has 4 heteroatoms. The number of esters is 1.